The van der Waals surface area contributed by atoms with E-state index in [9.17, 15) is 9.59 Å². The summed E-state index contributed by atoms with van der Waals surface area (Å²) in [6.07, 6.45) is -0.739. The van der Waals surface area contributed by atoms with Crippen molar-refractivity contribution in [3.05, 3.63) is 54.6 Å². The molecular formula is C17H17N3O3. The van der Waals surface area contributed by atoms with Crippen molar-refractivity contribution < 1.29 is 14.3 Å². The molecule has 1 aliphatic heterocycles. The Bertz CT molecular complexity index is 718. The molecule has 1 heterocycles. The summed E-state index contributed by atoms with van der Waals surface area (Å²) in [7, 11) is 1.70. The molecule has 3 rings (SSSR count). The third-order valence-corrected chi connectivity index (χ3v) is 3.58. The largest absolute Gasteiger partial charge is 0.477 e. The maximum atomic E-state index is 12.3. The van der Waals surface area contributed by atoms with Crippen LogP contribution in [0.3, 0.4) is 0 Å². The second kappa shape index (κ2) is 6.39. The summed E-state index contributed by atoms with van der Waals surface area (Å²) in [5.41, 5.74) is 1.41. The van der Waals surface area contributed by atoms with Crippen LogP contribution in [0.25, 0.3) is 0 Å². The third kappa shape index (κ3) is 3.26. The Hall–Kier alpha value is -3.02. The van der Waals surface area contributed by atoms with Gasteiger partial charge in [-0.25, -0.2) is 4.79 Å². The lowest BCUT2D eigenvalue weighted by molar-refractivity contribution is -0.125. The van der Waals surface area contributed by atoms with Gasteiger partial charge in [0.1, 0.15) is 5.75 Å². The number of fused-ring (bicyclic) bond motifs is 1. The summed E-state index contributed by atoms with van der Waals surface area (Å²) in [5, 5.41) is 5.36. The van der Waals surface area contributed by atoms with Gasteiger partial charge in [-0.05, 0) is 24.3 Å². The van der Waals surface area contributed by atoms with Gasteiger partial charge in [-0.15, -0.1) is 0 Å². The van der Waals surface area contributed by atoms with E-state index in [1.54, 1.807) is 30.1 Å². The SMILES string of the molecule is CN1C(=O)C(CNC(=O)Nc2ccccc2)Oc2ccccc21. The van der Waals surface area contributed by atoms with Crippen LogP contribution in [0.15, 0.2) is 54.6 Å². The summed E-state index contributed by atoms with van der Waals surface area (Å²) in [5.74, 6) is 0.438. The molecule has 1 unspecified atom stereocenters. The summed E-state index contributed by atoms with van der Waals surface area (Å²) in [6.45, 7) is 0.0934. The number of ether oxygens (including phenoxy) is 1. The highest BCUT2D eigenvalue weighted by molar-refractivity contribution is 6.00. The molecule has 0 fully saturated rings. The molecule has 0 saturated heterocycles. The molecule has 0 saturated carbocycles. The molecule has 0 spiro atoms. The van der Waals surface area contributed by atoms with Gasteiger partial charge in [0.15, 0.2) is 6.10 Å². The molecule has 23 heavy (non-hydrogen) atoms. The molecule has 0 bridgehead atoms. The van der Waals surface area contributed by atoms with Gasteiger partial charge < -0.3 is 20.3 Å². The summed E-state index contributed by atoms with van der Waals surface area (Å²) in [6, 6.07) is 16.0. The van der Waals surface area contributed by atoms with Gasteiger partial charge in [-0.1, -0.05) is 30.3 Å². The van der Waals surface area contributed by atoms with E-state index in [-0.39, 0.29) is 18.5 Å². The second-order valence-corrected chi connectivity index (χ2v) is 5.17. The Morgan fingerprint density at radius 1 is 1.13 bits per heavy atom. The molecule has 1 aliphatic rings. The van der Waals surface area contributed by atoms with Crippen LogP contribution in [-0.2, 0) is 4.79 Å². The minimum absolute atomic E-state index is 0.0934. The van der Waals surface area contributed by atoms with Crippen molar-refractivity contribution in [1.29, 1.82) is 0 Å². The minimum atomic E-state index is -0.739. The van der Waals surface area contributed by atoms with E-state index in [0.29, 0.717) is 11.4 Å². The van der Waals surface area contributed by atoms with E-state index >= 15 is 0 Å². The number of rotatable bonds is 3. The number of urea groups is 1. The van der Waals surface area contributed by atoms with Crippen molar-refractivity contribution in [2.75, 3.05) is 23.8 Å². The molecule has 0 aromatic heterocycles. The number of carbonyl (C=O) groups is 2. The number of nitrogens with one attached hydrogen (secondary N) is 2. The number of likely N-dealkylation sites (N-methyl/N-ethyl adjacent to an activating group) is 1. The van der Waals surface area contributed by atoms with E-state index < -0.39 is 6.10 Å². The maximum absolute atomic E-state index is 12.3. The van der Waals surface area contributed by atoms with Gasteiger partial charge in [0, 0.05) is 12.7 Å². The maximum Gasteiger partial charge on any atom is 0.319 e. The fourth-order valence-electron chi connectivity index (χ4n) is 2.38. The highest BCUT2D eigenvalue weighted by Gasteiger charge is 2.32. The molecule has 2 aromatic rings. The minimum Gasteiger partial charge on any atom is -0.477 e. The van der Waals surface area contributed by atoms with Gasteiger partial charge in [-0.3, -0.25) is 4.79 Å². The number of hydrogen-bond donors (Lipinski definition) is 2. The van der Waals surface area contributed by atoms with Crippen LogP contribution in [0.2, 0.25) is 0 Å². The molecule has 2 N–H and O–H groups in total. The zero-order chi connectivity index (χ0) is 16.2. The summed E-state index contributed by atoms with van der Waals surface area (Å²) >= 11 is 0. The smallest absolute Gasteiger partial charge is 0.319 e. The number of nitrogens with zero attached hydrogens (tertiary/aromatic N) is 1. The van der Waals surface area contributed by atoms with Crippen molar-refractivity contribution in [2.45, 2.75) is 6.10 Å². The number of benzene rings is 2. The predicted molar refractivity (Wildman–Crippen MR) is 87.7 cm³/mol. The quantitative estimate of drug-likeness (QED) is 0.913. The van der Waals surface area contributed by atoms with E-state index in [2.05, 4.69) is 10.6 Å². The van der Waals surface area contributed by atoms with Crippen molar-refractivity contribution in [2.24, 2.45) is 0 Å². The van der Waals surface area contributed by atoms with Crippen LogP contribution in [0.5, 0.6) is 5.75 Å². The van der Waals surface area contributed by atoms with Crippen LogP contribution in [0.4, 0.5) is 16.2 Å². The van der Waals surface area contributed by atoms with E-state index in [4.69, 9.17) is 4.74 Å². The molecule has 0 aliphatic carbocycles. The van der Waals surface area contributed by atoms with Crippen molar-refractivity contribution in [3.8, 4) is 5.75 Å². The van der Waals surface area contributed by atoms with Gasteiger partial charge in [0.05, 0.1) is 12.2 Å². The normalized spacial score (nSPS) is 16.3. The first-order chi connectivity index (χ1) is 11.1. The zero-order valence-corrected chi connectivity index (χ0v) is 12.7. The van der Waals surface area contributed by atoms with Crippen molar-refractivity contribution in [3.63, 3.8) is 0 Å². The Balaban J connectivity index is 1.60. The monoisotopic (exact) mass is 311 g/mol. The number of para-hydroxylation sites is 3. The number of amides is 3. The predicted octanol–water partition coefficient (Wildman–Crippen LogP) is 2.23. The van der Waals surface area contributed by atoms with Gasteiger partial charge in [0.2, 0.25) is 0 Å². The molecule has 1 atom stereocenters. The summed E-state index contributed by atoms with van der Waals surface area (Å²) in [4.78, 5) is 25.7. The van der Waals surface area contributed by atoms with E-state index in [1.807, 2.05) is 36.4 Å². The Morgan fingerprint density at radius 2 is 1.83 bits per heavy atom. The van der Waals surface area contributed by atoms with Crippen LogP contribution in [0.1, 0.15) is 0 Å². The molecule has 6 heteroatoms. The Labute approximate surface area is 134 Å². The summed E-state index contributed by atoms with van der Waals surface area (Å²) < 4.78 is 5.68. The van der Waals surface area contributed by atoms with E-state index in [1.165, 1.54) is 0 Å². The van der Waals surface area contributed by atoms with Crippen molar-refractivity contribution >= 4 is 23.3 Å². The Morgan fingerprint density at radius 3 is 2.61 bits per heavy atom. The van der Waals surface area contributed by atoms with Crippen LogP contribution in [-0.4, -0.2) is 31.6 Å². The fourth-order valence-corrected chi connectivity index (χ4v) is 2.38. The van der Waals surface area contributed by atoms with Gasteiger partial charge >= 0.3 is 6.03 Å². The average Bonchev–Trinajstić information content (AvgIpc) is 2.58. The highest BCUT2D eigenvalue weighted by Crippen LogP contribution is 2.32. The molecule has 0 radical (unpaired) electrons. The molecule has 3 amide bonds. The average molecular weight is 311 g/mol. The van der Waals surface area contributed by atoms with Crippen LogP contribution in [0, 0.1) is 0 Å². The molecule has 2 aromatic carbocycles. The first kappa shape index (κ1) is 14.9. The lowest BCUT2D eigenvalue weighted by Crippen LogP contribution is -2.50. The lowest BCUT2D eigenvalue weighted by atomic mass is 10.2. The fraction of sp³-hybridized carbons (Fsp3) is 0.176. The molecular weight excluding hydrogens is 294 g/mol. The molecule has 6 nitrogen and oxygen atoms in total. The second-order valence-electron chi connectivity index (χ2n) is 5.17. The number of hydrogen-bond acceptors (Lipinski definition) is 3. The number of carbonyl (C=O) groups excluding carboxylic acids is 2. The van der Waals surface area contributed by atoms with Crippen LogP contribution < -0.4 is 20.3 Å². The van der Waals surface area contributed by atoms with E-state index in [0.717, 1.165) is 5.69 Å². The Kier molecular flexibility index (Phi) is 4.14. The topological polar surface area (TPSA) is 70.7 Å². The third-order valence-electron chi connectivity index (χ3n) is 3.58. The van der Waals surface area contributed by atoms with Crippen LogP contribution >= 0.6 is 0 Å². The number of anilines is 2. The first-order valence-corrected chi connectivity index (χ1v) is 7.28. The van der Waals surface area contributed by atoms with Gasteiger partial charge in [-0.2, -0.15) is 0 Å². The van der Waals surface area contributed by atoms with Gasteiger partial charge in [0.25, 0.3) is 5.91 Å². The lowest BCUT2D eigenvalue weighted by Gasteiger charge is -2.31. The highest BCUT2D eigenvalue weighted by atomic mass is 16.5. The zero-order valence-electron chi connectivity index (χ0n) is 12.7. The standard InChI is InChI=1S/C17H17N3O3/c1-20-13-9-5-6-10-14(13)23-15(16(20)21)11-18-17(22)19-12-7-3-2-4-8-12/h2-10,15H,11H2,1H3,(H2,18,19,22). The first-order valence-electron chi connectivity index (χ1n) is 7.28. The molecule has 118 valence electrons. The van der Waals surface area contributed by atoms with Crippen molar-refractivity contribution in [1.82, 2.24) is 5.32 Å².